The first-order valence-corrected chi connectivity index (χ1v) is 11.7. The minimum absolute atomic E-state index is 0.361. The number of rotatable bonds is 1. The Kier molecular flexibility index (Phi) is 4.65. The van der Waals surface area contributed by atoms with Crippen LogP contribution in [0.15, 0.2) is 71.7 Å². The molecule has 2 heterocycles. The third kappa shape index (κ3) is 3.32. The van der Waals surface area contributed by atoms with Gasteiger partial charge in [0.05, 0.1) is 12.1 Å². The lowest BCUT2D eigenvalue weighted by Crippen LogP contribution is -2.48. The highest BCUT2D eigenvalue weighted by Crippen LogP contribution is 2.53. The summed E-state index contributed by atoms with van der Waals surface area (Å²) in [4.78, 5) is 14.8. The molecular formula is C28H26N4O2. The molecule has 2 N–H and O–H groups in total. The lowest BCUT2D eigenvalue weighted by Gasteiger charge is -2.45. The monoisotopic (exact) mass is 450 g/mol. The number of aliphatic imine (C=N–C) groups is 1. The molecule has 1 aliphatic carbocycles. The van der Waals surface area contributed by atoms with E-state index in [-0.39, 0.29) is 0 Å². The van der Waals surface area contributed by atoms with Gasteiger partial charge in [-0.25, -0.2) is 19.7 Å². The van der Waals surface area contributed by atoms with Crippen LogP contribution in [0.5, 0.6) is 5.75 Å². The summed E-state index contributed by atoms with van der Waals surface area (Å²) < 4.78 is 6.81. The first-order chi connectivity index (χ1) is 16.5. The fraction of sp³-hybridized carbons (Fsp3) is 0.286. The Morgan fingerprint density at radius 1 is 0.971 bits per heavy atom. The number of hydrogen-bond acceptors (Lipinski definition) is 5. The Morgan fingerprint density at radius 2 is 1.71 bits per heavy atom. The Labute approximate surface area is 199 Å². The molecular weight excluding hydrogens is 424 g/mol. The van der Waals surface area contributed by atoms with E-state index in [0.717, 1.165) is 48.1 Å². The second-order valence-electron chi connectivity index (χ2n) is 9.45. The van der Waals surface area contributed by atoms with Crippen LogP contribution in [-0.2, 0) is 23.4 Å². The van der Waals surface area contributed by atoms with E-state index in [2.05, 4.69) is 35.2 Å². The Bertz CT molecular complexity index is 1330. The number of ether oxygens (including phenoxy) is 1. The lowest BCUT2D eigenvalue weighted by atomic mass is 9.79. The van der Waals surface area contributed by atoms with Crippen LogP contribution in [0.25, 0.3) is 16.0 Å². The van der Waals surface area contributed by atoms with E-state index >= 15 is 0 Å². The molecule has 3 aromatic rings. The van der Waals surface area contributed by atoms with E-state index < -0.39 is 11.3 Å². The van der Waals surface area contributed by atoms with Gasteiger partial charge in [-0.2, -0.15) is 0 Å². The molecule has 6 nitrogen and oxygen atoms in total. The van der Waals surface area contributed by atoms with Crippen LogP contribution in [0.4, 0.5) is 5.69 Å². The van der Waals surface area contributed by atoms with Crippen molar-refractivity contribution in [3.63, 3.8) is 0 Å². The molecule has 0 saturated carbocycles. The molecule has 0 amide bonds. The minimum Gasteiger partial charge on any atom is -0.487 e. The number of benzene rings is 3. The van der Waals surface area contributed by atoms with Gasteiger partial charge in [0.1, 0.15) is 11.4 Å². The van der Waals surface area contributed by atoms with Crippen LogP contribution >= 0.6 is 0 Å². The van der Waals surface area contributed by atoms with Crippen LogP contribution < -0.4 is 10.5 Å². The number of hydroxylamine groups is 2. The maximum absolute atomic E-state index is 7.35. The van der Waals surface area contributed by atoms with E-state index in [1.54, 1.807) is 12.1 Å². The molecule has 0 fully saturated rings. The SMILES string of the molecule is [C-]#[N+]c1cccc(-c2ccc3c(c2)C2(CC4(CCc5ccccc5CC4)O3)N=C(N)N(C)O2)c1. The van der Waals surface area contributed by atoms with Gasteiger partial charge >= 0.3 is 0 Å². The van der Waals surface area contributed by atoms with Crippen LogP contribution in [0.2, 0.25) is 0 Å². The van der Waals surface area contributed by atoms with Crippen molar-refractivity contribution in [3.05, 3.63) is 94.8 Å². The maximum atomic E-state index is 7.35. The summed E-state index contributed by atoms with van der Waals surface area (Å²) in [6.45, 7) is 7.35. The molecule has 0 bridgehead atoms. The van der Waals surface area contributed by atoms with Crippen molar-refractivity contribution in [3.8, 4) is 16.9 Å². The standard InChI is InChI=1S/C28H26N4O2/c1-30-23-9-5-8-21(16-23)22-10-11-25-24(17-22)28(31-26(29)32(2)34-28)18-27(33-25)14-12-19-6-3-4-7-20(19)13-15-27/h3-11,16-17H,12-15,18H2,2H3,(H2,29,31). The molecule has 2 spiro atoms. The quantitative estimate of drug-likeness (QED) is 0.508. The van der Waals surface area contributed by atoms with Crippen LogP contribution in [-0.4, -0.2) is 23.7 Å². The van der Waals surface area contributed by atoms with E-state index in [4.69, 9.17) is 26.9 Å². The number of aryl methyl sites for hydroxylation is 2. The van der Waals surface area contributed by atoms with Gasteiger partial charge in [0, 0.05) is 13.5 Å². The molecule has 6 rings (SSSR count). The molecule has 34 heavy (non-hydrogen) atoms. The van der Waals surface area contributed by atoms with Gasteiger partial charge in [-0.3, -0.25) is 0 Å². The predicted octanol–water partition coefficient (Wildman–Crippen LogP) is 5.35. The molecule has 0 radical (unpaired) electrons. The lowest BCUT2D eigenvalue weighted by molar-refractivity contribution is -0.205. The van der Waals surface area contributed by atoms with Gasteiger partial charge in [0.2, 0.25) is 11.7 Å². The zero-order chi connectivity index (χ0) is 23.3. The van der Waals surface area contributed by atoms with Crippen LogP contribution in [0, 0.1) is 6.57 Å². The van der Waals surface area contributed by atoms with Crippen molar-refractivity contribution in [2.24, 2.45) is 10.7 Å². The largest absolute Gasteiger partial charge is 0.487 e. The van der Waals surface area contributed by atoms with Crippen molar-refractivity contribution >= 4 is 11.6 Å². The van der Waals surface area contributed by atoms with Crippen molar-refractivity contribution in [2.75, 3.05) is 7.05 Å². The third-order valence-electron chi connectivity index (χ3n) is 7.32. The van der Waals surface area contributed by atoms with E-state index in [9.17, 15) is 0 Å². The molecule has 6 heteroatoms. The second kappa shape index (κ2) is 7.61. The molecule has 3 aliphatic rings. The van der Waals surface area contributed by atoms with Crippen molar-refractivity contribution in [2.45, 2.75) is 43.4 Å². The number of nitrogens with zero attached hydrogens (tertiary/aromatic N) is 3. The van der Waals surface area contributed by atoms with Crippen molar-refractivity contribution in [1.82, 2.24) is 5.06 Å². The zero-order valence-corrected chi connectivity index (χ0v) is 19.1. The molecule has 170 valence electrons. The number of fused-ring (bicyclic) bond motifs is 3. The molecule has 0 saturated heterocycles. The highest BCUT2D eigenvalue weighted by atomic mass is 16.7. The normalized spacial score (nSPS) is 22.4. The van der Waals surface area contributed by atoms with E-state index in [1.807, 2.05) is 36.4 Å². The summed E-state index contributed by atoms with van der Waals surface area (Å²) in [6.07, 6.45) is 4.29. The molecule has 1 unspecified atom stereocenters. The minimum atomic E-state index is -0.934. The summed E-state index contributed by atoms with van der Waals surface area (Å²) in [5.74, 6) is 1.15. The van der Waals surface area contributed by atoms with Crippen molar-refractivity contribution in [1.29, 1.82) is 0 Å². The Morgan fingerprint density at radius 3 is 2.38 bits per heavy atom. The van der Waals surface area contributed by atoms with Gasteiger partial charge in [0.25, 0.3) is 0 Å². The summed E-state index contributed by atoms with van der Waals surface area (Å²) in [5.41, 5.74) is 11.1. The number of guanidine groups is 1. The summed E-state index contributed by atoms with van der Waals surface area (Å²) in [6, 6.07) is 22.4. The Hall–Kier alpha value is -3.82. The first-order valence-electron chi connectivity index (χ1n) is 11.7. The molecule has 1 atom stereocenters. The zero-order valence-electron chi connectivity index (χ0n) is 19.1. The van der Waals surface area contributed by atoms with Gasteiger partial charge < -0.3 is 10.5 Å². The topological polar surface area (TPSA) is 64.4 Å². The molecule has 3 aromatic carbocycles. The average molecular weight is 451 g/mol. The molecule has 2 aliphatic heterocycles. The van der Waals surface area contributed by atoms with E-state index in [0.29, 0.717) is 18.1 Å². The van der Waals surface area contributed by atoms with Crippen LogP contribution in [0.1, 0.15) is 36.0 Å². The Balaban J connectivity index is 1.44. The van der Waals surface area contributed by atoms with Gasteiger partial charge in [-0.1, -0.05) is 48.5 Å². The fourth-order valence-corrected chi connectivity index (χ4v) is 5.56. The predicted molar refractivity (Wildman–Crippen MR) is 131 cm³/mol. The van der Waals surface area contributed by atoms with E-state index in [1.165, 1.54) is 11.1 Å². The maximum Gasteiger partial charge on any atom is 0.222 e. The smallest absolute Gasteiger partial charge is 0.222 e. The first kappa shape index (κ1) is 20.8. The van der Waals surface area contributed by atoms with Gasteiger partial charge in [-0.05, 0) is 66.1 Å². The summed E-state index contributed by atoms with van der Waals surface area (Å²) >= 11 is 0. The fourth-order valence-electron chi connectivity index (χ4n) is 5.56. The third-order valence-corrected chi connectivity index (χ3v) is 7.32. The highest BCUT2D eigenvalue weighted by Gasteiger charge is 2.54. The van der Waals surface area contributed by atoms with Gasteiger partial charge in [0.15, 0.2) is 5.69 Å². The average Bonchev–Trinajstić information content (AvgIpc) is 3.03. The second-order valence-corrected chi connectivity index (χ2v) is 9.45. The summed E-state index contributed by atoms with van der Waals surface area (Å²) in [5, 5.41) is 1.56. The number of nitrogens with two attached hydrogens (primary N) is 1. The van der Waals surface area contributed by atoms with Gasteiger partial charge in [-0.15, -0.1) is 0 Å². The highest BCUT2D eigenvalue weighted by molar-refractivity contribution is 5.79. The number of hydrogen-bond donors (Lipinski definition) is 1. The molecule has 0 aromatic heterocycles. The van der Waals surface area contributed by atoms with Crippen molar-refractivity contribution < 1.29 is 9.57 Å². The summed E-state index contributed by atoms with van der Waals surface area (Å²) in [7, 11) is 1.79. The van der Waals surface area contributed by atoms with Crippen LogP contribution in [0.3, 0.4) is 0 Å².